The number of benzene rings is 2. The fraction of sp³-hybridized carbons (Fsp3) is 0.304. The first-order chi connectivity index (χ1) is 15.4. The monoisotopic (exact) mass is 434 g/mol. The van der Waals surface area contributed by atoms with E-state index in [-0.39, 0.29) is 19.1 Å². The predicted octanol–water partition coefficient (Wildman–Crippen LogP) is 2.08. The highest BCUT2D eigenvalue weighted by molar-refractivity contribution is 6.25. The lowest BCUT2D eigenvalue weighted by molar-refractivity contribution is -0.153. The summed E-state index contributed by atoms with van der Waals surface area (Å²) in [6.07, 6.45) is 0. The van der Waals surface area contributed by atoms with Gasteiger partial charge in [-0.3, -0.25) is 14.4 Å². The quantitative estimate of drug-likeness (QED) is 0.511. The lowest BCUT2D eigenvalue weighted by Gasteiger charge is -2.31. The third-order valence-electron chi connectivity index (χ3n) is 5.64. The molecule has 3 unspecified atom stereocenters. The Bertz CT molecular complexity index is 1090. The van der Waals surface area contributed by atoms with Crippen molar-refractivity contribution >= 4 is 29.4 Å². The van der Waals surface area contributed by atoms with Crippen LogP contribution in [0, 0.1) is 5.92 Å². The second-order valence-electron chi connectivity index (χ2n) is 7.66. The minimum Gasteiger partial charge on any atom is -0.464 e. The van der Waals surface area contributed by atoms with Gasteiger partial charge in [-0.2, -0.15) is 10.2 Å². The first kappa shape index (κ1) is 21.4. The normalized spacial score (nSPS) is 23.9. The van der Waals surface area contributed by atoms with Crippen LogP contribution in [0.25, 0.3) is 0 Å². The lowest BCUT2D eigenvalue weighted by atomic mass is 9.81. The van der Waals surface area contributed by atoms with Crippen LogP contribution >= 0.6 is 0 Å². The van der Waals surface area contributed by atoms with Crippen molar-refractivity contribution in [3.8, 4) is 0 Å². The zero-order valence-corrected chi connectivity index (χ0v) is 17.7. The maximum absolute atomic E-state index is 13.4. The first-order valence-electron chi connectivity index (χ1n) is 10.2. The van der Waals surface area contributed by atoms with Crippen LogP contribution in [0.4, 0.5) is 5.69 Å². The number of carbonyl (C=O) groups is 4. The topological polar surface area (TPSA) is 109 Å². The number of ether oxygens (including phenoxy) is 1. The number of nitrogens with zero attached hydrogens (tertiary/aromatic N) is 4. The van der Waals surface area contributed by atoms with Crippen molar-refractivity contribution in [2.45, 2.75) is 18.5 Å². The molecule has 32 heavy (non-hydrogen) atoms. The van der Waals surface area contributed by atoms with Gasteiger partial charge in [-0.25, -0.2) is 9.69 Å². The zero-order chi connectivity index (χ0) is 22.9. The molecule has 4 rings (SSSR count). The van der Waals surface area contributed by atoms with Crippen molar-refractivity contribution in [2.24, 2.45) is 16.1 Å². The first-order valence-corrected chi connectivity index (χ1v) is 10.2. The molecule has 2 aromatic rings. The van der Waals surface area contributed by atoms with Crippen LogP contribution in [-0.2, 0) is 19.1 Å². The van der Waals surface area contributed by atoms with E-state index in [0.717, 1.165) is 4.90 Å². The number of para-hydroxylation sites is 1. The molecule has 0 saturated carbocycles. The number of rotatable bonds is 6. The van der Waals surface area contributed by atoms with Gasteiger partial charge in [0.25, 0.3) is 11.8 Å². The van der Waals surface area contributed by atoms with Crippen LogP contribution in [-0.4, -0.2) is 60.4 Å². The highest BCUT2D eigenvalue weighted by Crippen LogP contribution is 2.43. The third-order valence-corrected chi connectivity index (χ3v) is 5.64. The van der Waals surface area contributed by atoms with Gasteiger partial charge in [0.2, 0.25) is 11.4 Å². The Labute approximate surface area is 184 Å². The largest absolute Gasteiger partial charge is 0.464 e. The van der Waals surface area contributed by atoms with E-state index in [2.05, 4.69) is 10.2 Å². The molecule has 0 bridgehead atoms. The summed E-state index contributed by atoms with van der Waals surface area (Å²) in [5.74, 6) is -3.49. The number of likely N-dealkylation sites (N-methyl/N-ethyl adjacent to an activating group) is 1. The molecule has 2 aromatic carbocycles. The van der Waals surface area contributed by atoms with Crippen molar-refractivity contribution in [1.29, 1.82) is 0 Å². The highest BCUT2D eigenvalue weighted by atomic mass is 16.5. The molecular formula is C23H22N4O5. The summed E-state index contributed by atoms with van der Waals surface area (Å²) in [7, 11) is 1.51. The van der Waals surface area contributed by atoms with Gasteiger partial charge in [-0.15, -0.1) is 0 Å². The van der Waals surface area contributed by atoms with Crippen LogP contribution in [0.2, 0.25) is 0 Å². The Morgan fingerprint density at radius 1 is 1.03 bits per heavy atom. The van der Waals surface area contributed by atoms with Crippen molar-refractivity contribution in [3.05, 3.63) is 66.2 Å². The van der Waals surface area contributed by atoms with Gasteiger partial charge in [0.1, 0.15) is 5.92 Å². The molecule has 3 atom stereocenters. The van der Waals surface area contributed by atoms with Gasteiger partial charge in [-0.1, -0.05) is 36.4 Å². The number of imide groups is 1. The second kappa shape index (κ2) is 8.33. The van der Waals surface area contributed by atoms with Crippen molar-refractivity contribution in [3.63, 3.8) is 0 Å². The molecule has 0 N–H and O–H groups in total. The Morgan fingerprint density at radius 3 is 2.28 bits per heavy atom. The fourth-order valence-corrected chi connectivity index (χ4v) is 4.15. The summed E-state index contributed by atoms with van der Waals surface area (Å²) < 4.78 is 5.24. The number of hydrogen-bond donors (Lipinski definition) is 0. The van der Waals surface area contributed by atoms with Crippen molar-refractivity contribution in [1.82, 2.24) is 4.90 Å². The number of esters is 1. The van der Waals surface area contributed by atoms with Crippen molar-refractivity contribution < 1.29 is 23.9 Å². The highest BCUT2D eigenvalue weighted by Gasteiger charge is 2.66. The van der Waals surface area contributed by atoms with Crippen molar-refractivity contribution in [2.75, 3.05) is 25.1 Å². The van der Waals surface area contributed by atoms with E-state index in [9.17, 15) is 19.2 Å². The summed E-state index contributed by atoms with van der Waals surface area (Å²) in [6, 6.07) is 15.8. The average Bonchev–Trinajstić information content (AvgIpc) is 3.31. The molecule has 0 spiro atoms. The maximum Gasteiger partial charge on any atom is 0.338 e. The van der Waals surface area contributed by atoms with Crippen LogP contribution in [0.5, 0.6) is 0 Å². The van der Waals surface area contributed by atoms with E-state index in [0.29, 0.717) is 11.3 Å². The summed E-state index contributed by atoms with van der Waals surface area (Å²) in [5.41, 5.74) is -1.00. The number of hydrogen-bond acceptors (Lipinski definition) is 7. The molecule has 164 valence electrons. The third kappa shape index (κ3) is 3.35. The SMILES string of the molecule is CCOC(=O)C1(CN(C)C(=O)c2ccccc2)N=NC2C(=O)N(c3ccccc3)C(=O)C21. The summed E-state index contributed by atoms with van der Waals surface area (Å²) in [6.45, 7) is 1.42. The van der Waals surface area contributed by atoms with E-state index >= 15 is 0 Å². The Hall–Kier alpha value is -3.88. The molecule has 0 aliphatic carbocycles. The maximum atomic E-state index is 13.4. The number of azo groups is 1. The molecular weight excluding hydrogens is 412 g/mol. The van der Waals surface area contributed by atoms with E-state index in [1.54, 1.807) is 67.6 Å². The molecule has 1 fully saturated rings. The summed E-state index contributed by atoms with van der Waals surface area (Å²) >= 11 is 0. The molecule has 3 amide bonds. The van der Waals surface area contributed by atoms with Crippen LogP contribution in [0.3, 0.4) is 0 Å². The minimum atomic E-state index is -1.81. The molecule has 2 aliphatic rings. The van der Waals surface area contributed by atoms with E-state index in [1.807, 2.05) is 0 Å². The van der Waals surface area contributed by atoms with Gasteiger partial charge in [0.05, 0.1) is 18.8 Å². The van der Waals surface area contributed by atoms with Gasteiger partial charge in [-0.05, 0) is 31.2 Å². The van der Waals surface area contributed by atoms with Gasteiger partial charge in [0, 0.05) is 12.6 Å². The molecule has 9 nitrogen and oxygen atoms in total. The predicted molar refractivity (Wildman–Crippen MR) is 114 cm³/mol. The summed E-state index contributed by atoms with van der Waals surface area (Å²) in [5, 5.41) is 8.12. The van der Waals surface area contributed by atoms with Gasteiger partial charge in [0.15, 0.2) is 6.04 Å². The molecule has 9 heteroatoms. The second-order valence-corrected chi connectivity index (χ2v) is 7.66. The molecule has 1 saturated heterocycles. The van der Waals surface area contributed by atoms with Crippen LogP contribution < -0.4 is 4.90 Å². The van der Waals surface area contributed by atoms with E-state index < -0.39 is 35.3 Å². The smallest absolute Gasteiger partial charge is 0.338 e. The van der Waals surface area contributed by atoms with E-state index in [1.165, 1.54) is 11.9 Å². The number of carbonyl (C=O) groups excluding carboxylic acids is 4. The average molecular weight is 434 g/mol. The minimum absolute atomic E-state index is 0.0500. The molecule has 0 radical (unpaired) electrons. The standard InChI is InChI=1S/C23H22N4O5/c1-3-32-22(31)23(14-26(2)19(28)15-10-6-4-7-11-15)17-18(24-25-23)21(30)27(20(17)29)16-12-8-5-9-13-16/h4-13,17-18H,3,14H2,1-2H3. The van der Waals surface area contributed by atoms with E-state index in [4.69, 9.17) is 4.74 Å². The zero-order valence-electron chi connectivity index (χ0n) is 17.7. The van der Waals surface area contributed by atoms with Gasteiger partial charge >= 0.3 is 5.97 Å². The Morgan fingerprint density at radius 2 is 1.66 bits per heavy atom. The number of fused-ring (bicyclic) bond motifs is 1. The molecule has 0 aromatic heterocycles. The number of anilines is 1. The summed E-state index contributed by atoms with van der Waals surface area (Å²) in [4.78, 5) is 54.8. The number of amides is 3. The van der Waals surface area contributed by atoms with Crippen LogP contribution in [0.1, 0.15) is 17.3 Å². The molecule has 2 aliphatic heterocycles. The Kier molecular flexibility index (Phi) is 5.56. The van der Waals surface area contributed by atoms with Gasteiger partial charge < -0.3 is 9.64 Å². The van der Waals surface area contributed by atoms with Crippen LogP contribution in [0.15, 0.2) is 70.9 Å². The lowest BCUT2D eigenvalue weighted by Crippen LogP contribution is -2.55. The molecule has 2 heterocycles. The fourth-order valence-electron chi connectivity index (χ4n) is 4.15. The Balaban J connectivity index is 1.70.